The molecule has 6 N–H and O–H groups in total. The molecule has 0 rings (SSSR count). The molecule has 0 aliphatic carbocycles. The van der Waals surface area contributed by atoms with E-state index in [1.54, 1.807) is 0 Å². The Bertz CT molecular complexity index is 8.49. The molecular weight excluding hydrogens is 231 g/mol. The van der Waals surface area contributed by atoms with Crippen LogP contribution in [0, 0.1) is 0 Å². The predicted octanol–water partition coefficient (Wildman–Crippen LogP) is -1.44. The maximum Gasteiger partial charge on any atom is 4.00 e. The minimum absolute atomic E-state index is 0. The van der Waals surface area contributed by atoms with Crippen LogP contribution >= 0.6 is 0 Å². The monoisotopic (exact) mass is 238 g/mol. The van der Waals surface area contributed by atoms with E-state index in [0.29, 0.717) is 0 Å². The van der Waals surface area contributed by atoms with Crippen molar-refractivity contribution >= 4 is 45.5 Å². The minimum atomic E-state index is 0. The molecule has 6 nitrogen and oxygen atoms in total. The summed E-state index contributed by atoms with van der Waals surface area (Å²) in [5.74, 6) is 0. The third kappa shape index (κ3) is 101. The zero-order chi connectivity index (χ0) is 0. The van der Waals surface area contributed by atoms with Gasteiger partial charge in [-0.05, 0) is 0 Å². The van der Waals surface area contributed by atoms with Gasteiger partial charge < -0.3 is 32.9 Å². The molecule has 0 aliphatic rings. The molecule has 0 spiro atoms. The summed E-state index contributed by atoms with van der Waals surface area (Å²) in [6.45, 7) is 0. The van der Waals surface area contributed by atoms with Gasteiger partial charge in [-0.15, -0.1) is 0 Å². The first-order valence-corrected chi connectivity index (χ1v) is 0. The van der Waals surface area contributed by atoms with Crippen LogP contribution in [0.4, 0.5) is 0 Å². The Hall–Kier alpha value is 1.95. The summed E-state index contributed by atoms with van der Waals surface area (Å²) in [5.41, 5.74) is 0. The Kier molecular flexibility index (Phi) is 3870. The van der Waals surface area contributed by atoms with Crippen LogP contribution in [0.3, 0.4) is 0 Å². The molecule has 0 aromatic carbocycles. The standard InChI is InChI=1S/6H2O.Sr.Ti/h6*1H2;;/q;;;;;;+2;+4/p-6. The van der Waals surface area contributed by atoms with Crippen LogP contribution in [0.25, 0.3) is 0 Å². The number of hydrogen-bond acceptors (Lipinski definition) is 6. The molecule has 0 heterocycles. The summed E-state index contributed by atoms with van der Waals surface area (Å²) in [6.07, 6.45) is 0. The molecule has 0 saturated heterocycles. The summed E-state index contributed by atoms with van der Waals surface area (Å²) in [6, 6.07) is 0. The van der Waals surface area contributed by atoms with Crippen molar-refractivity contribution in [3.8, 4) is 0 Å². The van der Waals surface area contributed by atoms with Crippen LogP contribution in [0.5, 0.6) is 0 Å². The van der Waals surface area contributed by atoms with Gasteiger partial charge in [0.2, 0.25) is 0 Å². The molecule has 0 radical (unpaired) electrons. The van der Waals surface area contributed by atoms with Crippen molar-refractivity contribution in [1.82, 2.24) is 0 Å². The van der Waals surface area contributed by atoms with Gasteiger partial charge in [0.25, 0.3) is 0 Å². The predicted molar refractivity (Wildman–Crippen MR) is 17.4 cm³/mol. The summed E-state index contributed by atoms with van der Waals surface area (Å²) in [5, 5.41) is 0. The van der Waals surface area contributed by atoms with Crippen LogP contribution in [-0.4, -0.2) is 78.3 Å². The Morgan fingerprint density at radius 3 is 0.375 bits per heavy atom. The van der Waals surface area contributed by atoms with E-state index in [4.69, 9.17) is 0 Å². The third-order valence-electron chi connectivity index (χ3n) is 0. The zero-order valence-electron chi connectivity index (χ0n) is 3.89. The quantitative estimate of drug-likeness (QED) is 0.465. The molecule has 0 aromatic heterocycles. The van der Waals surface area contributed by atoms with E-state index in [0.717, 1.165) is 0 Å². The minimum Gasteiger partial charge on any atom is -0.870 e. The first-order valence-electron chi connectivity index (χ1n) is 0. The second-order valence-corrected chi connectivity index (χ2v) is 0. The van der Waals surface area contributed by atoms with Crippen molar-refractivity contribution in [3.05, 3.63) is 0 Å². The molecule has 0 saturated carbocycles. The van der Waals surface area contributed by atoms with Crippen molar-refractivity contribution in [2.24, 2.45) is 0 Å². The van der Waals surface area contributed by atoms with Crippen LogP contribution in [0.15, 0.2) is 0 Å². The van der Waals surface area contributed by atoms with Crippen LogP contribution in [-0.2, 0) is 21.7 Å². The first kappa shape index (κ1) is 209. The van der Waals surface area contributed by atoms with Gasteiger partial charge >= 0.3 is 67.2 Å². The van der Waals surface area contributed by atoms with E-state index >= 15 is 0 Å². The fourth-order valence-corrected chi connectivity index (χ4v) is 0. The molecule has 0 fully saturated rings. The van der Waals surface area contributed by atoms with Gasteiger partial charge in [0.1, 0.15) is 0 Å². The molecule has 8 heavy (non-hydrogen) atoms. The topological polar surface area (TPSA) is 180 Å². The molecule has 0 aromatic rings. The molecule has 0 bridgehead atoms. The van der Waals surface area contributed by atoms with E-state index < -0.39 is 0 Å². The normalized spacial score (nSPS) is 0. The van der Waals surface area contributed by atoms with Crippen LogP contribution in [0.1, 0.15) is 0 Å². The van der Waals surface area contributed by atoms with Crippen molar-refractivity contribution in [2.75, 3.05) is 0 Å². The molecule has 0 atom stereocenters. The Labute approximate surface area is 98.6 Å². The van der Waals surface area contributed by atoms with Crippen molar-refractivity contribution < 1.29 is 54.6 Å². The summed E-state index contributed by atoms with van der Waals surface area (Å²) in [4.78, 5) is 0. The van der Waals surface area contributed by atoms with E-state index in [-0.39, 0.29) is 100 Å². The summed E-state index contributed by atoms with van der Waals surface area (Å²) >= 11 is 0. The van der Waals surface area contributed by atoms with Gasteiger partial charge in [-0.2, -0.15) is 0 Å². The van der Waals surface area contributed by atoms with Crippen molar-refractivity contribution in [2.45, 2.75) is 0 Å². The Morgan fingerprint density at radius 1 is 0.375 bits per heavy atom. The SMILES string of the molecule is [OH-].[OH-].[OH-].[OH-].[OH-].[OH-].[Sr+2].[Ti+4]. The fourth-order valence-electron chi connectivity index (χ4n) is 0. The molecular formula is H6O6SrTi. The van der Waals surface area contributed by atoms with Crippen molar-refractivity contribution in [3.63, 3.8) is 0 Å². The van der Waals surface area contributed by atoms with E-state index in [2.05, 4.69) is 0 Å². The average molecular weight is 238 g/mol. The van der Waals surface area contributed by atoms with Gasteiger partial charge in [-0.3, -0.25) is 0 Å². The zero-order valence-corrected chi connectivity index (χ0v) is 8.93. The largest absolute Gasteiger partial charge is 4.00 e. The van der Waals surface area contributed by atoms with Crippen LogP contribution < -0.4 is 0 Å². The van der Waals surface area contributed by atoms with E-state index in [1.165, 1.54) is 0 Å². The Balaban J connectivity index is 0. The van der Waals surface area contributed by atoms with Gasteiger partial charge in [0.05, 0.1) is 0 Å². The van der Waals surface area contributed by atoms with Gasteiger partial charge in [0, 0.05) is 0 Å². The maximum atomic E-state index is 0. The maximum absolute atomic E-state index is 0. The average Bonchev–Trinajstić information content (AvgIpc) is 0. The number of rotatable bonds is 0. The van der Waals surface area contributed by atoms with Gasteiger partial charge in [-0.25, -0.2) is 0 Å². The third-order valence-corrected chi connectivity index (χ3v) is 0. The van der Waals surface area contributed by atoms with Gasteiger partial charge in [-0.1, -0.05) is 0 Å². The van der Waals surface area contributed by atoms with Crippen LogP contribution in [0.2, 0.25) is 0 Å². The Morgan fingerprint density at radius 2 is 0.375 bits per heavy atom. The van der Waals surface area contributed by atoms with Crippen molar-refractivity contribution in [1.29, 1.82) is 0 Å². The first-order chi connectivity index (χ1) is 0. The second kappa shape index (κ2) is 148. The number of hydrogen-bond donors (Lipinski definition) is 0. The molecule has 48 valence electrons. The van der Waals surface area contributed by atoms with Gasteiger partial charge in [0.15, 0.2) is 0 Å². The fraction of sp³-hybridized carbons (Fsp3) is 0. The van der Waals surface area contributed by atoms with E-state index in [9.17, 15) is 0 Å². The summed E-state index contributed by atoms with van der Waals surface area (Å²) < 4.78 is 0. The molecule has 8 heteroatoms. The summed E-state index contributed by atoms with van der Waals surface area (Å²) in [7, 11) is 0. The molecule has 0 unspecified atom stereocenters. The molecule has 0 aliphatic heterocycles. The molecule has 0 amide bonds. The smallest absolute Gasteiger partial charge is 0.870 e. The second-order valence-electron chi connectivity index (χ2n) is 0. The van der Waals surface area contributed by atoms with E-state index in [1.807, 2.05) is 0 Å².